The van der Waals surface area contributed by atoms with E-state index >= 15 is 0 Å². The highest BCUT2D eigenvalue weighted by atomic mass is 32.2. The molecule has 1 aliphatic heterocycles. The number of benzene rings is 1. The Kier molecular flexibility index (Phi) is 5.53. The number of aromatic nitrogens is 2. The van der Waals surface area contributed by atoms with Gasteiger partial charge in [-0.05, 0) is 65.2 Å². The van der Waals surface area contributed by atoms with Crippen LogP contribution in [0.5, 0.6) is 0 Å². The van der Waals surface area contributed by atoms with Crippen molar-refractivity contribution in [1.29, 1.82) is 0 Å². The SMILES string of the molecule is Cc1sc2nc(SC(C)C(=O)N3c4ccccc4CC3C)n(C(C)C)c(=O)c2c1C. The zero-order chi connectivity index (χ0) is 21.7. The Morgan fingerprint density at radius 3 is 2.63 bits per heavy atom. The summed E-state index contributed by atoms with van der Waals surface area (Å²) in [5.41, 5.74) is 3.19. The van der Waals surface area contributed by atoms with E-state index < -0.39 is 0 Å². The summed E-state index contributed by atoms with van der Waals surface area (Å²) in [6.45, 7) is 12.0. The van der Waals surface area contributed by atoms with Crippen molar-refractivity contribution in [2.45, 2.75) is 70.5 Å². The van der Waals surface area contributed by atoms with Crippen LogP contribution in [0.25, 0.3) is 10.2 Å². The van der Waals surface area contributed by atoms with Crippen molar-refractivity contribution in [1.82, 2.24) is 9.55 Å². The number of anilines is 1. The highest BCUT2D eigenvalue weighted by molar-refractivity contribution is 8.00. The molecule has 30 heavy (non-hydrogen) atoms. The average molecular weight is 442 g/mol. The van der Waals surface area contributed by atoms with Crippen molar-refractivity contribution in [3.63, 3.8) is 0 Å². The molecule has 4 rings (SSSR count). The second-order valence-corrected chi connectivity index (χ2v) is 10.8. The zero-order valence-electron chi connectivity index (χ0n) is 18.2. The normalized spacial score (nSPS) is 17.0. The predicted molar refractivity (Wildman–Crippen MR) is 126 cm³/mol. The summed E-state index contributed by atoms with van der Waals surface area (Å²) in [4.78, 5) is 35.3. The number of aryl methyl sites for hydroxylation is 2. The van der Waals surface area contributed by atoms with E-state index in [9.17, 15) is 9.59 Å². The third kappa shape index (κ3) is 3.38. The van der Waals surface area contributed by atoms with Gasteiger partial charge in [-0.25, -0.2) is 4.98 Å². The van der Waals surface area contributed by atoms with Crippen LogP contribution < -0.4 is 10.5 Å². The molecule has 3 aromatic rings. The Morgan fingerprint density at radius 2 is 1.93 bits per heavy atom. The van der Waals surface area contributed by atoms with E-state index in [-0.39, 0.29) is 28.8 Å². The Labute approximate surface area is 185 Å². The van der Waals surface area contributed by atoms with Gasteiger partial charge in [0.25, 0.3) is 5.56 Å². The summed E-state index contributed by atoms with van der Waals surface area (Å²) in [5.74, 6) is 0.0562. The van der Waals surface area contributed by atoms with Crippen molar-refractivity contribution < 1.29 is 4.79 Å². The van der Waals surface area contributed by atoms with Gasteiger partial charge in [-0.15, -0.1) is 11.3 Å². The molecule has 0 aliphatic carbocycles. The van der Waals surface area contributed by atoms with Gasteiger partial charge in [0.05, 0.1) is 10.6 Å². The van der Waals surface area contributed by atoms with E-state index in [0.29, 0.717) is 10.5 Å². The quantitative estimate of drug-likeness (QED) is 0.417. The number of fused-ring (bicyclic) bond motifs is 2. The molecule has 0 fully saturated rings. The number of amides is 1. The highest BCUT2D eigenvalue weighted by Gasteiger charge is 2.34. The molecule has 2 atom stereocenters. The zero-order valence-corrected chi connectivity index (χ0v) is 19.9. The van der Waals surface area contributed by atoms with Crippen LogP contribution in [0, 0.1) is 13.8 Å². The van der Waals surface area contributed by atoms with Crippen LogP contribution in [-0.2, 0) is 11.2 Å². The first kappa shape index (κ1) is 21.1. The van der Waals surface area contributed by atoms with Crippen LogP contribution in [0.1, 0.15) is 49.7 Å². The minimum Gasteiger partial charge on any atom is -0.308 e. The highest BCUT2D eigenvalue weighted by Crippen LogP contribution is 2.35. The number of carbonyl (C=O) groups is 1. The summed E-state index contributed by atoms with van der Waals surface area (Å²) in [6.07, 6.45) is 0.869. The van der Waals surface area contributed by atoms with E-state index in [1.807, 2.05) is 57.7 Å². The lowest BCUT2D eigenvalue weighted by molar-refractivity contribution is -0.118. The summed E-state index contributed by atoms with van der Waals surface area (Å²) >= 11 is 2.93. The maximum Gasteiger partial charge on any atom is 0.263 e. The van der Waals surface area contributed by atoms with Crippen LogP contribution >= 0.6 is 23.1 Å². The molecule has 0 saturated carbocycles. The number of rotatable bonds is 4. The number of hydrogen-bond donors (Lipinski definition) is 0. The number of carbonyl (C=O) groups excluding carboxylic acids is 1. The third-order valence-electron chi connectivity index (χ3n) is 5.79. The number of para-hydroxylation sites is 1. The Balaban J connectivity index is 1.71. The molecule has 2 unspecified atom stereocenters. The fourth-order valence-electron chi connectivity index (χ4n) is 4.13. The number of thiophene rings is 1. The molecule has 3 heterocycles. The van der Waals surface area contributed by atoms with Gasteiger partial charge in [0.15, 0.2) is 5.16 Å². The lowest BCUT2D eigenvalue weighted by atomic mass is 10.1. The van der Waals surface area contributed by atoms with Gasteiger partial charge in [-0.2, -0.15) is 0 Å². The summed E-state index contributed by atoms with van der Waals surface area (Å²) in [6, 6.07) is 8.18. The maximum atomic E-state index is 13.4. The van der Waals surface area contributed by atoms with E-state index in [4.69, 9.17) is 4.98 Å². The van der Waals surface area contributed by atoms with Gasteiger partial charge in [-0.1, -0.05) is 30.0 Å². The van der Waals surface area contributed by atoms with E-state index in [1.165, 1.54) is 17.3 Å². The van der Waals surface area contributed by atoms with Crippen LogP contribution in [0.15, 0.2) is 34.2 Å². The molecule has 0 radical (unpaired) electrons. The average Bonchev–Trinajstić information content (AvgIpc) is 3.16. The molecule has 158 valence electrons. The first-order valence-electron chi connectivity index (χ1n) is 10.3. The lowest BCUT2D eigenvalue weighted by Gasteiger charge is -2.26. The molecule has 0 bridgehead atoms. The first-order chi connectivity index (χ1) is 14.2. The smallest absolute Gasteiger partial charge is 0.263 e. The van der Waals surface area contributed by atoms with Gasteiger partial charge in [0.2, 0.25) is 5.91 Å². The van der Waals surface area contributed by atoms with Gasteiger partial charge in [0.1, 0.15) is 4.83 Å². The minimum atomic E-state index is -0.352. The fraction of sp³-hybridized carbons (Fsp3) is 0.435. The van der Waals surface area contributed by atoms with Gasteiger partial charge in [-0.3, -0.25) is 14.2 Å². The molecule has 7 heteroatoms. The number of thioether (sulfide) groups is 1. The largest absolute Gasteiger partial charge is 0.308 e. The molecule has 5 nitrogen and oxygen atoms in total. The third-order valence-corrected chi connectivity index (χ3v) is 7.95. The van der Waals surface area contributed by atoms with Crippen LogP contribution in [0.2, 0.25) is 0 Å². The first-order valence-corrected chi connectivity index (χ1v) is 12.0. The van der Waals surface area contributed by atoms with E-state index in [1.54, 1.807) is 15.9 Å². The number of nitrogens with zero attached hydrogens (tertiary/aromatic N) is 3. The summed E-state index contributed by atoms with van der Waals surface area (Å²) < 4.78 is 1.73. The van der Waals surface area contributed by atoms with E-state index in [2.05, 4.69) is 13.0 Å². The van der Waals surface area contributed by atoms with Gasteiger partial charge >= 0.3 is 0 Å². The molecule has 1 amide bonds. The van der Waals surface area contributed by atoms with Crippen LogP contribution in [0.3, 0.4) is 0 Å². The molecule has 0 spiro atoms. The van der Waals surface area contributed by atoms with Crippen molar-refractivity contribution in [2.24, 2.45) is 0 Å². The second kappa shape index (κ2) is 7.85. The molecule has 2 aromatic heterocycles. The summed E-state index contributed by atoms with van der Waals surface area (Å²) in [7, 11) is 0. The molecule has 1 aromatic carbocycles. The molecule has 0 saturated heterocycles. The minimum absolute atomic E-state index is 0.0149. The molecule has 1 aliphatic rings. The van der Waals surface area contributed by atoms with Crippen molar-refractivity contribution in [3.05, 3.63) is 50.6 Å². The monoisotopic (exact) mass is 441 g/mol. The Morgan fingerprint density at radius 1 is 1.23 bits per heavy atom. The van der Waals surface area contributed by atoms with Crippen molar-refractivity contribution in [2.75, 3.05) is 4.90 Å². The molecular weight excluding hydrogens is 414 g/mol. The van der Waals surface area contributed by atoms with Crippen LogP contribution in [0.4, 0.5) is 5.69 Å². The summed E-state index contributed by atoms with van der Waals surface area (Å²) in [5, 5.41) is 0.969. The van der Waals surface area contributed by atoms with Gasteiger partial charge < -0.3 is 4.90 Å². The van der Waals surface area contributed by atoms with Crippen molar-refractivity contribution in [3.8, 4) is 0 Å². The standard InChI is InChI=1S/C23H27N3O2S2/c1-12(2)25-22(28)19-14(4)15(5)29-20(19)24-23(25)30-16(6)21(27)26-13(3)11-17-9-7-8-10-18(17)26/h7-10,12-13,16H,11H2,1-6H3. The fourth-order valence-corrected chi connectivity index (χ4v) is 6.29. The van der Waals surface area contributed by atoms with E-state index in [0.717, 1.165) is 27.4 Å². The topological polar surface area (TPSA) is 55.2 Å². The Hall–Kier alpha value is -2.12. The predicted octanol–water partition coefficient (Wildman–Crippen LogP) is 5.11. The van der Waals surface area contributed by atoms with Crippen LogP contribution in [-0.4, -0.2) is 26.8 Å². The Bertz CT molecular complexity index is 1200. The number of hydrogen-bond acceptors (Lipinski definition) is 5. The lowest BCUT2D eigenvalue weighted by Crippen LogP contribution is -2.40. The molecular formula is C23H27N3O2S2. The maximum absolute atomic E-state index is 13.4. The van der Waals surface area contributed by atoms with Crippen molar-refractivity contribution >= 4 is 44.9 Å². The second-order valence-electron chi connectivity index (χ2n) is 8.28. The molecule has 0 N–H and O–H groups in total. The van der Waals surface area contributed by atoms with Gasteiger partial charge in [0, 0.05) is 22.6 Å².